The fourth-order valence-electron chi connectivity index (χ4n) is 0.300. The molecule has 0 bridgehead atoms. The summed E-state index contributed by atoms with van der Waals surface area (Å²) in [5.74, 6) is 0.733. The molecule has 0 rings (SSSR count). The lowest BCUT2D eigenvalue weighted by Gasteiger charge is -1.83. The van der Waals surface area contributed by atoms with Crippen LogP contribution < -0.4 is 0 Å². The minimum absolute atomic E-state index is 0.707. The van der Waals surface area contributed by atoms with E-state index in [-0.39, 0.29) is 0 Å². The van der Waals surface area contributed by atoms with Gasteiger partial charge >= 0.3 is 0 Å². The molecule has 0 aromatic rings. The first-order chi connectivity index (χ1) is 3.81. The Morgan fingerprint density at radius 2 is 2.12 bits per heavy atom. The topological polar surface area (TPSA) is 17.1 Å². The molecule has 0 saturated carbocycles. The van der Waals surface area contributed by atoms with E-state index in [1.165, 1.54) is 0 Å². The van der Waals surface area contributed by atoms with E-state index in [1.807, 2.05) is 19.9 Å². The lowest BCUT2D eigenvalue weighted by atomic mass is 10.5. The maximum absolute atomic E-state index is 10.6. The van der Waals surface area contributed by atoms with Crippen molar-refractivity contribution in [3.63, 3.8) is 0 Å². The minimum atomic E-state index is -0.707. The summed E-state index contributed by atoms with van der Waals surface area (Å²) < 4.78 is 10.6. The second kappa shape index (κ2) is 5.04. The molecule has 0 amide bonds. The van der Waals surface area contributed by atoms with E-state index in [0.717, 1.165) is 12.2 Å². The summed E-state index contributed by atoms with van der Waals surface area (Å²) in [7, 11) is -0.707. The summed E-state index contributed by atoms with van der Waals surface area (Å²) in [6.45, 7) is 3.94. The molecule has 1 unspecified atom stereocenters. The predicted molar refractivity (Wildman–Crippen MR) is 38.1 cm³/mol. The molecule has 0 N–H and O–H groups in total. The highest BCUT2D eigenvalue weighted by molar-refractivity contribution is 7.87. The summed E-state index contributed by atoms with van der Waals surface area (Å²) in [6.07, 6.45) is 2.91. The van der Waals surface area contributed by atoms with E-state index in [2.05, 4.69) is 0 Å². The number of allylic oxidation sites excluding steroid dienone is 1. The Labute approximate surface area is 53.2 Å². The van der Waals surface area contributed by atoms with Crippen molar-refractivity contribution in [1.29, 1.82) is 0 Å². The van der Waals surface area contributed by atoms with Crippen LogP contribution in [0.1, 0.15) is 20.3 Å². The monoisotopic (exact) mass is 132 g/mol. The van der Waals surface area contributed by atoms with Crippen LogP contribution in [0.3, 0.4) is 0 Å². The second-order valence-corrected chi connectivity index (χ2v) is 3.06. The molecule has 48 valence electrons. The van der Waals surface area contributed by atoms with Crippen molar-refractivity contribution in [1.82, 2.24) is 0 Å². The maximum atomic E-state index is 10.6. The molecule has 0 fully saturated rings. The van der Waals surface area contributed by atoms with Gasteiger partial charge in [0.1, 0.15) is 0 Å². The van der Waals surface area contributed by atoms with Crippen LogP contribution in [-0.4, -0.2) is 9.96 Å². The Kier molecular flexibility index (Phi) is 4.97. The third-order valence-electron chi connectivity index (χ3n) is 0.768. The zero-order valence-corrected chi connectivity index (χ0v) is 6.20. The average molecular weight is 132 g/mol. The van der Waals surface area contributed by atoms with Crippen molar-refractivity contribution in [2.24, 2.45) is 0 Å². The molecule has 0 aliphatic heterocycles. The largest absolute Gasteiger partial charge is 0.255 e. The predicted octanol–water partition coefficient (Wildman–Crippen LogP) is 1.68. The van der Waals surface area contributed by atoms with Gasteiger partial charge in [0.2, 0.25) is 0 Å². The molecule has 1 atom stereocenters. The molecule has 0 aromatic heterocycles. The summed E-state index contributed by atoms with van der Waals surface area (Å²) in [4.78, 5) is 0. The van der Waals surface area contributed by atoms with Crippen LogP contribution in [0.2, 0.25) is 0 Å². The molecule has 0 saturated heterocycles. The van der Waals surface area contributed by atoms with E-state index in [0.29, 0.717) is 0 Å². The van der Waals surface area contributed by atoms with Gasteiger partial charge in [-0.3, -0.25) is 4.21 Å². The third-order valence-corrected chi connectivity index (χ3v) is 1.83. The van der Waals surface area contributed by atoms with Crippen LogP contribution >= 0.6 is 0 Å². The zero-order chi connectivity index (χ0) is 6.41. The number of hydrogen-bond donors (Lipinski definition) is 0. The zero-order valence-electron chi connectivity index (χ0n) is 5.39. The second-order valence-electron chi connectivity index (χ2n) is 1.45. The van der Waals surface area contributed by atoms with Crippen LogP contribution in [0.4, 0.5) is 0 Å². The molecule has 8 heavy (non-hydrogen) atoms. The maximum Gasteiger partial charge on any atom is 0.0449 e. The average Bonchev–Trinajstić information content (AvgIpc) is 1.83. The Balaban J connectivity index is 3.37. The Morgan fingerprint density at radius 3 is 2.50 bits per heavy atom. The molecule has 0 aliphatic rings. The van der Waals surface area contributed by atoms with Gasteiger partial charge in [-0.25, -0.2) is 0 Å². The smallest absolute Gasteiger partial charge is 0.0449 e. The first-order valence-electron chi connectivity index (χ1n) is 2.85. The number of rotatable bonds is 3. The molecule has 0 radical (unpaired) electrons. The van der Waals surface area contributed by atoms with Gasteiger partial charge in [-0.15, -0.1) is 0 Å². The van der Waals surface area contributed by atoms with Crippen molar-refractivity contribution in [2.45, 2.75) is 20.3 Å². The fraction of sp³-hybridized carbons (Fsp3) is 0.667. The third kappa shape index (κ3) is 4.06. The summed E-state index contributed by atoms with van der Waals surface area (Å²) in [5.41, 5.74) is 0. The van der Waals surface area contributed by atoms with Gasteiger partial charge in [-0.2, -0.15) is 0 Å². The lowest BCUT2D eigenvalue weighted by Crippen LogP contribution is -1.84. The molecular formula is C6H12OS. The van der Waals surface area contributed by atoms with E-state index in [4.69, 9.17) is 0 Å². The summed E-state index contributed by atoms with van der Waals surface area (Å²) >= 11 is 0. The Bertz CT molecular complexity index is 96.7. The molecule has 0 heterocycles. The standard InChI is InChI=1S/C6H12OS/c1-3-5-6-8(7)4-2/h5-6H,3-4H2,1-2H3/b6-5+. The SMILES string of the molecule is CC/C=C/S(=O)CC. The quantitative estimate of drug-likeness (QED) is 0.571. The van der Waals surface area contributed by atoms with Crippen molar-refractivity contribution in [2.75, 3.05) is 5.75 Å². The van der Waals surface area contributed by atoms with E-state index in [1.54, 1.807) is 5.41 Å². The van der Waals surface area contributed by atoms with Gasteiger partial charge in [0.25, 0.3) is 0 Å². The molecular weight excluding hydrogens is 120 g/mol. The van der Waals surface area contributed by atoms with Gasteiger partial charge in [-0.05, 0) is 11.8 Å². The molecule has 2 heteroatoms. The van der Waals surface area contributed by atoms with Gasteiger partial charge in [-0.1, -0.05) is 19.9 Å². The van der Waals surface area contributed by atoms with E-state index < -0.39 is 10.8 Å². The number of hydrogen-bond acceptors (Lipinski definition) is 1. The van der Waals surface area contributed by atoms with Crippen molar-refractivity contribution in [3.05, 3.63) is 11.5 Å². The molecule has 0 aliphatic carbocycles. The van der Waals surface area contributed by atoms with E-state index in [9.17, 15) is 4.21 Å². The van der Waals surface area contributed by atoms with Crippen LogP contribution in [0.15, 0.2) is 11.5 Å². The van der Waals surface area contributed by atoms with Crippen molar-refractivity contribution >= 4 is 10.8 Å². The molecule has 0 aromatic carbocycles. The normalized spacial score (nSPS) is 14.8. The highest BCUT2D eigenvalue weighted by Gasteiger charge is 1.82. The van der Waals surface area contributed by atoms with Gasteiger partial charge in [0.15, 0.2) is 0 Å². The van der Waals surface area contributed by atoms with Gasteiger partial charge < -0.3 is 0 Å². The van der Waals surface area contributed by atoms with E-state index >= 15 is 0 Å². The Hall–Kier alpha value is -0.110. The summed E-state index contributed by atoms with van der Waals surface area (Å²) in [5, 5.41) is 1.75. The van der Waals surface area contributed by atoms with Crippen LogP contribution in [0, 0.1) is 0 Å². The van der Waals surface area contributed by atoms with Crippen LogP contribution in [0.25, 0.3) is 0 Å². The molecule has 0 spiro atoms. The summed E-state index contributed by atoms with van der Waals surface area (Å²) in [6, 6.07) is 0. The fourth-order valence-corrected chi connectivity index (χ4v) is 0.899. The minimum Gasteiger partial charge on any atom is -0.255 e. The first kappa shape index (κ1) is 7.89. The van der Waals surface area contributed by atoms with Crippen molar-refractivity contribution in [3.8, 4) is 0 Å². The molecule has 1 nitrogen and oxygen atoms in total. The highest BCUT2D eigenvalue weighted by Crippen LogP contribution is 1.85. The van der Waals surface area contributed by atoms with Crippen LogP contribution in [-0.2, 0) is 10.8 Å². The Morgan fingerprint density at radius 1 is 1.50 bits per heavy atom. The first-order valence-corrected chi connectivity index (χ1v) is 4.23. The lowest BCUT2D eigenvalue weighted by molar-refractivity contribution is 0.689. The van der Waals surface area contributed by atoms with Gasteiger partial charge in [0, 0.05) is 16.6 Å². The highest BCUT2D eigenvalue weighted by atomic mass is 32.2. The van der Waals surface area contributed by atoms with Gasteiger partial charge in [0.05, 0.1) is 0 Å². The van der Waals surface area contributed by atoms with Crippen LogP contribution in [0.5, 0.6) is 0 Å². The van der Waals surface area contributed by atoms with Crippen molar-refractivity contribution < 1.29 is 4.21 Å².